The summed E-state index contributed by atoms with van der Waals surface area (Å²) >= 11 is 0. The molecule has 2 fully saturated rings. The number of nitro groups is 1. The number of nitro benzene ring substituents is 1. The van der Waals surface area contributed by atoms with E-state index in [1.165, 1.54) is 35.6 Å². The van der Waals surface area contributed by atoms with E-state index in [1.54, 1.807) is 6.92 Å². The summed E-state index contributed by atoms with van der Waals surface area (Å²) in [5, 5.41) is 13.5. The molecule has 1 aromatic carbocycles. The van der Waals surface area contributed by atoms with Crippen LogP contribution in [-0.2, 0) is 10.3 Å². The molecule has 3 rings (SSSR count). The van der Waals surface area contributed by atoms with E-state index in [-0.39, 0.29) is 17.6 Å². The molecule has 1 saturated heterocycles. The van der Waals surface area contributed by atoms with Gasteiger partial charge in [0.05, 0.1) is 4.92 Å². The zero-order valence-corrected chi connectivity index (χ0v) is 13.7. The number of hydrogen-bond acceptors (Lipinski definition) is 4. The molecular weight excluding hydrogens is 310 g/mol. The van der Waals surface area contributed by atoms with Crippen molar-refractivity contribution in [2.45, 2.75) is 44.6 Å². The summed E-state index contributed by atoms with van der Waals surface area (Å²) in [5.74, 6) is 0.0830. The number of hydrogen-bond donors (Lipinski definition) is 1. The lowest BCUT2D eigenvalue weighted by Gasteiger charge is -2.26. The van der Waals surface area contributed by atoms with E-state index in [0.29, 0.717) is 18.0 Å². The minimum Gasteiger partial charge on any atom is -0.319 e. The summed E-state index contributed by atoms with van der Waals surface area (Å²) in [4.78, 5) is 36.7. The van der Waals surface area contributed by atoms with Crippen molar-refractivity contribution in [1.82, 2.24) is 10.2 Å². The molecular formula is C17H21N3O4. The highest BCUT2D eigenvalue weighted by Gasteiger charge is 2.49. The summed E-state index contributed by atoms with van der Waals surface area (Å²) in [6, 6.07) is 5.38. The van der Waals surface area contributed by atoms with Crippen LogP contribution in [0.3, 0.4) is 0 Å². The molecule has 1 unspecified atom stereocenters. The molecule has 1 aliphatic carbocycles. The van der Waals surface area contributed by atoms with E-state index in [0.717, 1.165) is 25.7 Å². The maximum atomic E-state index is 12.8. The summed E-state index contributed by atoms with van der Waals surface area (Å²) in [6.07, 6.45) is 5.61. The minimum absolute atomic E-state index is 0.0433. The second-order valence-electron chi connectivity index (χ2n) is 6.78. The lowest BCUT2D eigenvalue weighted by atomic mass is 9.88. The fraction of sp³-hybridized carbons (Fsp3) is 0.529. The molecule has 0 bridgehead atoms. The van der Waals surface area contributed by atoms with E-state index in [4.69, 9.17) is 0 Å². The first-order chi connectivity index (χ1) is 11.4. The van der Waals surface area contributed by atoms with Crippen LogP contribution in [0.15, 0.2) is 24.3 Å². The van der Waals surface area contributed by atoms with Gasteiger partial charge in [-0.2, -0.15) is 0 Å². The smallest absolute Gasteiger partial charge is 0.319 e. The van der Waals surface area contributed by atoms with Gasteiger partial charge in [-0.05, 0) is 43.4 Å². The van der Waals surface area contributed by atoms with E-state index in [9.17, 15) is 19.7 Å². The van der Waals surface area contributed by atoms with Gasteiger partial charge in [-0.3, -0.25) is 19.8 Å². The molecule has 0 radical (unpaired) electrons. The van der Waals surface area contributed by atoms with Crippen molar-refractivity contribution >= 4 is 17.6 Å². The summed E-state index contributed by atoms with van der Waals surface area (Å²) in [5.41, 5.74) is -0.656. The first kappa shape index (κ1) is 16.4. The number of amides is 3. The number of non-ortho nitro benzene ring substituents is 1. The molecule has 1 heterocycles. The number of rotatable bonds is 4. The van der Waals surface area contributed by atoms with Gasteiger partial charge in [-0.1, -0.05) is 19.3 Å². The number of nitrogens with one attached hydrogen (secondary N) is 1. The fourth-order valence-corrected chi connectivity index (χ4v) is 3.60. The van der Waals surface area contributed by atoms with E-state index < -0.39 is 10.5 Å². The summed E-state index contributed by atoms with van der Waals surface area (Å²) in [7, 11) is 0. The van der Waals surface area contributed by atoms with Crippen molar-refractivity contribution in [3.8, 4) is 0 Å². The second kappa shape index (κ2) is 6.22. The van der Waals surface area contributed by atoms with Crippen molar-refractivity contribution in [2.75, 3.05) is 6.54 Å². The number of carbonyl (C=O) groups is 2. The van der Waals surface area contributed by atoms with Gasteiger partial charge in [0.1, 0.15) is 5.54 Å². The van der Waals surface area contributed by atoms with Crippen LogP contribution in [0.1, 0.15) is 44.6 Å². The number of nitrogens with zero attached hydrogens (tertiary/aromatic N) is 2. The molecule has 2 aliphatic rings. The molecule has 1 N–H and O–H groups in total. The van der Waals surface area contributed by atoms with Gasteiger partial charge in [0.25, 0.3) is 11.6 Å². The SMILES string of the molecule is CC1(c2ccc([N+](=O)[O-])cc2)NC(=O)N(CC2CCCCC2)C1=O. The molecule has 3 amide bonds. The van der Waals surface area contributed by atoms with Gasteiger partial charge >= 0.3 is 6.03 Å². The van der Waals surface area contributed by atoms with Gasteiger partial charge in [-0.15, -0.1) is 0 Å². The Morgan fingerprint density at radius 3 is 2.42 bits per heavy atom. The molecule has 24 heavy (non-hydrogen) atoms. The predicted octanol–water partition coefficient (Wildman–Crippen LogP) is 2.94. The number of carbonyl (C=O) groups excluding carboxylic acids is 2. The molecule has 1 aliphatic heterocycles. The minimum atomic E-state index is -1.17. The number of urea groups is 1. The molecule has 128 valence electrons. The first-order valence-corrected chi connectivity index (χ1v) is 8.31. The Morgan fingerprint density at radius 1 is 1.21 bits per heavy atom. The van der Waals surface area contributed by atoms with E-state index >= 15 is 0 Å². The lowest BCUT2D eigenvalue weighted by Crippen LogP contribution is -2.41. The maximum absolute atomic E-state index is 12.8. The molecule has 0 aromatic heterocycles. The average molecular weight is 331 g/mol. The summed E-state index contributed by atoms with van der Waals surface area (Å²) in [6.45, 7) is 2.10. The standard InChI is InChI=1S/C17H21N3O4/c1-17(13-7-9-14(10-8-13)20(23)24)15(21)19(16(22)18-17)11-12-5-3-2-4-6-12/h7-10,12H,2-6,11H2,1H3,(H,18,22). The molecule has 7 nitrogen and oxygen atoms in total. The number of benzene rings is 1. The lowest BCUT2D eigenvalue weighted by molar-refractivity contribution is -0.384. The fourth-order valence-electron chi connectivity index (χ4n) is 3.60. The first-order valence-electron chi connectivity index (χ1n) is 8.31. The molecule has 7 heteroatoms. The topological polar surface area (TPSA) is 92.6 Å². The van der Waals surface area contributed by atoms with Crippen LogP contribution in [0.25, 0.3) is 0 Å². The van der Waals surface area contributed by atoms with Gasteiger partial charge in [0, 0.05) is 18.7 Å². The molecule has 1 aromatic rings. The second-order valence-corrected chi connectivity index (χ2v) is 6.78. The normalized spacial score (nSPS) is 25.0. The molecule has 1 atom stereocenters. The van der Waals surface area contributed by atoms with Crippen LogP contribution < -0.4 is 5.32 Å². The van der Waals surface area contributed by atoms with Crippen LogP contribution in [0.5, 0.6) is 0 Å². The van der Waals surface area contributed by atoms with Gasteiger partial charge in [0.15, 0.2) is 0 Å². The molecule has 1 saturated carbocycles. The Balaban J connectivity index is 1.79. The average Bonchev–Trinajstić information content (AvgIpc) is 2.80. The zero-order chi connectivity index (χ0) is 17.3. The van der Waals surface area contributed by atoms with Crippen LogP contribution in [0.4, 0.5) is 10.5 Å². The van der Waals surface area contributed by atoms with Crippen molar-refractivity contribution in [1.29, 1.82) is 0 Å². The van der Waals surface area contributed by atoms with Gasteiger partial charge in [-0.25, -0.2) is 4.79 Å². The van der Waals surface area contributed by atoms with Crippen LogP contribution in [0.2, 0.25) is 0 Å². The quantitative estimate of drug-likeness (QED) is 0.521. The zero-order valence-electron chi connectivity index (χ0n) is 13.7. The van der Waals surface area contributed by atoms with Crippen molar-refractivity contribution in [2.24, 2.45) is 5.92 Å². The van der Waals surface area contributed by atoms with Crippen molar-refractivity contribution in [3.63, 3.8) is 0 Å². The van der Waals surface area contributed by atoms with Gasteiger partial charge in [0.2, 0.25) is 0 Å². The third kappa shape index (κ3) is 2.86. The Labute approximate surface area is 140 Å². The predicted molar refractivity (Wildman–Crippen MR) is 87.3 cm³/mol. The Bertz CT molecular complexity index is 667. The van der Waals surface area contributed by atoms with Crippen LogP contribution >= 0.6 is 0 Å². The summed E-state index contributed by atoms with van der Waals surface area (Å²) < 4.78 is 0. The number of imide groups is 1. The highest BCUT2D eigenvalue weighted by Crippen LogP contribution is 2.32. The van der Waals surface area contributed by atoms with Crippen LogP contribution in [0, 0.1) is 16.0 Å². The maximum Gasteiger partial charge on any atom is 0.325 e. The highest BCUT2D eigenvalue weighted by molar-refractivity contribution is 6.07. The van der Waals surface area contributed by atoms with Crippen molar-refractivity contribution < 1.29 is 14.5 Å². The van der Waals surface area contributed by atoms with E-state index in [1.807, 2.05) is 0 Å². The third-order valence-corrected chi connectivity index (χ3v) is 5.10. The Morgan fingerprint density at radius 2 is 1.83 bits per heavy atom. The monoisotopic (exact) mass is 331 g/mol. The van der Waals surface area contributed by atoms with Crippen molar-refractivity contribution in [3.05, 3.63) is 39.9 Å². The van der Waals surface area contributed by atoms with Gasteiger partial charge < -0.3 is 5.32 Å². The Hall–Kier alpha value is -2.44. The van der Waals surface area contributed by atoms with Crippen LogP contribution in [-0.4, -0.2) is 28.3 Å². The largest absolute Gasteiger partial charge is 0.325 e. The Kier molecular flexibility index (Phi) is 4.26. The van der Waals surface area contributed by atoms with E-state index in [2.05, 4.69) is 5.32 Å². The highest BCUT2D eigenvalue weighted by atomic mass is 16.6. The third-order valence-electron chi connectivity index (χ3n) is 5.10. The molecule has 0 spiro atoms.